The molecule has 1 aliphatic heterocycles. The second kappa shape index (κ2) is 13.7. The summed E-state index contributed by atoms with van der Waals surface area (Å²) in [6, 6.07) is 26.3. The molecule has 1 aromatic heterocycles. The Labute approximate surface area is 254 Å². The maximum absolute atomic E-state index is 13.5. The van der Waals surface area contributed by atoms with Gasteiger partial charge in [0.1, 0.15) is 11.5 Å². The van der Waals surface area contributed by atoms with Crippen molar-refractivity contribution in [3.05, 3.63) is 119 Å². The van der Waals surface area contributed by atoms with Crippen LogP contribution in [0.2, 0.25) is 0 Å². The first-order valence-corrected chi connectivity index (χ1v) is 14.4. The van der Waals surface area contributed by atoms with Crippen LogP contribution in [-0.4, -0.2) is 48.8 Å². The number of rotatable bonds is 10. The number of amides is 2. The molecule has 1 fully saturated rings. The topological polar surface area (TPSA) is 99.7 Å². The molecule has 1 N–H and O–H groups in total. The minimum absolute atomic E-state index is 0.184. The monoisotopic (exact) mass is 593 g/mol. The predicted octanol–water partition coefficient (Wildman–Crippen LogP) is 6.18. The molecule has 0 unspecified atom stereocenters. The number of nitrogens with one attached hydrogen (secondary N) is 1. The summed E-state index contributed by atoms with van der Waals surface area (Å²) in [6.07, 6.45) is 4.95. The van der Waals surface area contributed by atoms with Crippen LogP contribution in [0.4, 0.5) is 11.4 Å². The van der Waals surface area contributed by atoms with Gasteiger partial charge in [-0.05, 0) is 72.8 Å². The largest absolute Gasteiger partial charge is 0.483 e. The lowest BCUT2D eigenvalue weighted by Gasteiger charge is -2.13. The van der Waals surface area contributed by atoms with E-state index in [0.29, 0.717) is 32.8 Å². The number of carbonyl (C=O) groups is 2. The highest BCUT2D eigenvalue weighted by atomic mass is 32.2. The molecule has 43 heavy (non-hydrogen) atoms. The lowest BCUT2D eigenvalue weighted by Crippen LogP contribution is -2.28. The van der Waals surface area contributed by atoms with Gasteiger partial charge in [0.05, 0.1) is 23.9 Å². The molecule has 218 valence electrons. The molecule has 0 aliphatic carbocycles. The molecule has 1 aliphatic rings. The maximum atomic E-state index is 13.5. The minimum atomic E-state index is -0.286. The van der Waals surface area contributed by atoms with Crippen LogP contribution in [0.5, 0.6) is 5.75 Å². The van der Waals surface area contributed by atoms with E-state index in [1.54, 1.807) is 36.8 Å². The smallest absolute Gasteiger partial charge is 0.267 e. The minimum Gasteiger partial charge on any atom is -0.483 e. The highest BCUT2D eigenvalue weighted by molar-refractivity contribution is 8.18. The van der Waals surface area contributed by atoms with Crippen molar-refractivity contribution in [1.82, 2.24) is 4.90 Å². The Kier molecular flexibility index (Phi) is 9.38. The van der Waals surface area contributed by atoms with Crippen LogP contribution in [0.3, 0.4) is 0 Å². The summed E-state index contributed by atoms with van der Waals surface area (Å²) in [7, 11) is 3.96. The Morgan fingerprint density at radius 2 is 1.79 bits per heavy atom. The molecule has 0 atom stereocenters. The first kappa shape index (κ1) is 29.4. The van der Waals surface area contributed by atoms with Crippen LogP contribution in [0.15, 0.2) is 111 Å². The van der Waals surface area contributed by atoms with Gasteiger partial charge in [-0.2, -0.15) is 5.10 Å². The summed E-state index contributed by atoms with van der Waals surface area (Å²) in [6.45, 7) is 2.01. The summed E-state index contributed by atoms with van der Waals surface area (Å²) >= 11 is 1.21. The summed E-state index contributed by atoms with van der Waals surface area (Å²) in [5.74, 6) is 0.572. The van der Waals surface area contributed by atoms with Gasteiger partial charge < -0.3 is 19.4 Å². The van der Waals surface area contributed by atoms with E-state index in [1.807, 2.05) is 92.6 Å². The van der Waals surface area contributed by atoms with E-state index in [2.05, 4.69) is 15.5 Å². The van der Waals surface area contributed by atoms with Gasteiger partial charge >= 0.3 is 0 Å². The van der Waals surface area contributed by atoms with Crippen LogP contribution in [0.25, 0.3) is 6.08 Å². The van der Waals surface area contributed by atoms with Crippen molar-refractivity contribution in [3.63, 3.8) is 0 Å². The van der Waals surface area contributed by atoms with Crippen molar-refractivity contribution in [2.24, 2.45) is 10.2 Å². The predicted molar refractivity (Wildman–Crippen MR) is 172 cm³/mol. The molecule has 4 aromatic rings. The van der Waals surface area contributed by atoms with Crippen molar-refractivity contribution < 1.29 is 18.7 Å². The van der Waals surface area contributed by atoms with E-state index in [9.17, 15) is 9.59 Å². The van der Waals surface area contributed by atoms with Gasteiger partial charge in [-0.15, -0.1) is 5.10 Å². The van der Waals surface area contributed by atoms with Gasteiger partial charge in [0.2, 0.25) is 0 Å². The third-order valence-corrected chi connectivity index (χ3v) is 7.44. The second-order valence-electron chi connectivity index (χ2n) is 9.94. The standard InChI is InChI=1S/C33H31N5O4S/c1-23-10-14-26(15-11-23)35-31(39)22-42-29-9-5-4-7-25(29)19-30-32(40)38(21-28-8-6-18-41-28)33(43-30)36-34-20-24-12-16-27(17-13-24)37(2)3/h4-20H,21-22H2,1-3H3,(H,35,39)/b30-19-,34-20-,36-33+. The average molecular weight is 594 g/mol. The first-order chi connectivity index (χ1) is 20.9. The zero-order valence-electron chi connectivity index (χ0n) is 24.1. The number of carbonyl (C=O) groups excluding carboxylic acids is 2. The van der Waals surface area contributed by atoms with Crippen molar-refractivity contribution in [1.29, 1.82) is 0 Å². The van der Waals surface area contributed by atoms with E-state index in [-0.39, 0.29) is 25.0 Å². The van der Waals surface area contributed by atoms with E-state index in [4.69, 9.17) is 9.15 Å². The maximum Gasteiger partial charge on any atom is 0.267 e. The van der Waals surface area contributed by atoms with Crippen LogP contribution in [-0.2, 0) is 16.1 Å². The van der Waals surface area contributed by atoms with Gasteiger partial charge in [0.25, 0.3) is 11.8 Å². The zero-order valence-corrected chi connectivity index (χ0v) is 24.9. The number of hydrogen-bond donors (Lipinski definition) is 1. The van der Waals surface area contributed by atoms with Crippen molar-refractivity contribution >= 4 is 52.4 Å². The van der Waals surface area contributed by atoms with Crippen molar-refractivity contribution in [3.8, 4) is 5.75 Å². The number of hydrogen-bond acceptors (Lipinski definition) is 8. The Hall–Kier alpha value is -5.09. The number of furan rings is 1. The molecule has 0 spiro atoms. The Balaban J connectivity index is 1.33. The van der Waals surface area contributed by atoms with Gasteiger partial charge in [-0.3, -0.25) is 14.5 Å². The molecular weight excluding hydrogens is 562 g/mol. The van der Waals surface area contributed by atoms with Gasteiger partial charge in [0, 0.05) is 31.0 Å². The lowest BCUT2D eigenvalue weighted by molar-refractivity contribution is -0.122. The number of nitrogens with zero attached hydrogens (tertiary/aromatic N) is 4. The van der Waals surface area contributed by atoms with E-state index in [0.717, 1.165) is 16.8 Å². The Morgan fingerprint density at radius 3 is 2.51 bits per heavy atom. The summed E-state index contributed by atoms with van der Waals surface area (Å²) < 4.78 is 11.3. The number of benzene rings is 3. The first-order valence-electron chi connectivity index (χ1n) is 13.6. The third-order valence-electron chi connectivity index (χ3n) is 6.44. The lowest BCUT2D eigenvalue weighted by atomic mass is 10.2. The van der Waals surface area contributed by atoms with Gasteiger partial charge in [-0.1, -0.05) is 48.0 Å². The number of anilines is 2. The molecule has 0 bridgehead atoms. The van der Waals surface area contributed by atoms with Crippen LogP contribution >= 0.6 is 11.8 Å². The number of aryl methyl sites for hydroxylation is 1. The molecule has 0 radical (unpaired) electrons. The molecule has 2 amide bonds. The quantitative estimate of drug-likeness (QED) is 0.134. The van der Waals surface area contributed by atoms with Crippen molar-refractivity contribution in [2.45, 2.75) is 13.5 Å². The molecule has 10 heteroatoms. The number of thioether (sulfide) groups is 1. The van der Waals surface area contributed by atoms with Crippen LogP contribution in [0.1, 0.15) is 22.5 Å². The molecule has 3 aromatic carbocycles. The highest BCUT2D eigenvalue weighted by Gasteiger charge is 2.34. The molecule has 0 saturated carbocycles. The van der Waals surface area contributed by atoms with Crippen LogP contribution in [0, 0.1) is 6.92 Å². The third kappa shape index (κ3) is 7.81. The fourth-order valence-electron chi connectivity index (χ4n) is 4.13. The van der Waals surface area contributed by atoms with E-state index < -0.39 is 0 Å². The van der Waals surface area contributed by atoms with E-state index >= 15 is 0 Å². The zero-order chi connectivity index (χ0) is 30.2. The number of ether oxygens (including phenoxy) is 1. The fraction of sp³-hybridized carbons (Fsp3) is 0.152. The highest BCUT2D eigenvalue weighted by Crippen LogP contribution is 2.35. The van der Waals surface area contributed by atoms with E-state index in [1.165, 1.54) is 16.7 Å². The normalized spacial score (nSPS) is 15.0. The molecule has 2 heterocycles. The number of para-hydroxylation sites is 1. The molecule has 1 saturated heterocycles. The molecular formula is C33H31N5O4S. The van der Waals surface area contributed by atoms with Gasteiger partial charge in [-0.25, -0.2) is 0 Å². The second-order valence-corrected chi connectivity index (χ2v) is 10.9. The Morgan fingerprint density at radius 1 is 1.02 bits per heavy atom. The Bertz CT molecular complexity index is 1660. The molecule has 5 rings (SSSR count). The fourth-order valence-corrected chi connectivity index (χ4v) is 5.06. The molecule has 9 nitrogen and oxygen atoms in total. The summed E-state index contributed by atoms with van der Waals surface area (Å²) in [4.78, 5) is 30.0. The van der Waals surface area contributed by atoms with Crippen LogP contribution < -0.4 is 15.0 Å². The summed E-state index contributed by atoms with van der Waals surface area (Å²) in [5, 5.41) is 11.9. The van der Waals surface area contributed by atoms with Crippen molar-refractivity contribution in [2.75, 3.05) is 30.9 Å². The number of amidine groups is 1. The average Bonchev–Trinajstić information content (AvgIpc) is 3.62. The SMILES string of the molecule is Cc1ccc(NC(=O)COc2ccccc2/C=C2\S/C(=N/N=C\c3ccc(N(C)C)cc3)N(Cc3ccco3)C2=O)cc1. The summed E-state index contributed by atoms with van der Waals surface area (Å²) in [5.41, 5.74) is 4.42. The van der Waals surface area contributed by atoms with Gasteiger partial charge in [0.15, 0.2) is 11.8 Å².